The van der Waals surface area contributed by atoms with E-state index in [0.29, 0.717) is 12.8 Å². The van der Waals surface area contributed by atoms with Gasteiger partial charge in [0.05, 0.1) is 0 Å². The highest BCUT2D eigenvalue weighted by molar-refractivity contribution is 7.54. The Kier molecular flexibility index (Phi) is 5.11. The average molecular weight is 312 g/mol. The number of thiophene rings is 1. The highest BCUT2D eigenvalue weighted by atomic mass is 32.1. The molecule has 0 amide bonds. The van der Waals surface area contributed by atoms with Crippen molar-refractivity contribution < 1.29 is 18.4 Å². The van der Waals surface area contributed by atoms with Gasteiger partial charge in [0.1, 0.15) is 11.9 Å². The van der Waals surface area contributed by atoms with E-state index in [1.807, 2.05) is 12.1 Å². The molecule has 2 aromatic rings. The average Bonchev–Trinajstić information content (AvgIpc) is 2.88. The predicted octanol–water partition coefficient (Wildman–Crippen LogP) is 3.89. The van der Waals surface area contributed by atoms with Gasteiger partial charge in [0, 0.05) is 30.2 Å². The summed E-state index contributed by atoms with van der Waals surface area (Å²) in [6, 6.07) is 10.2. The van der Waals surface area contributed by atoms with Crippen molar-refractivity contribution in [3.05, 3.63) is 35.2 Å². The van der Waals surface area contributed by atoms with E-state index in [2.05, 4.69) is 18.2 Å². The van der Waals surface area contributed by atoms with Crippen molar-refractivity contribution in [2.75, 3.05) is 20.4 Å². The van der Waals surface area contributed by atoms with Crippen LogP contribution >= 0.6 is 18.9 Å². The van der Waals surface area contributed by atoms with E-state index in [0.717, 1.165) is 4.88 Å². The van der Waals surface area contributed by atoms with Crippen molar-refractivity contribution in [1.29, 1.82) is 0 Å². The van der Waals surface area contributed by atoms with Crippen LogP contribution in [0.3, 0.4) is 0 Å². The zero-order valence-corrected chi connectivity index (χ0v) is 13.2. The predicted molar refractivity (Wildman–Crippen MR) is 81.6 cm³/mol. The van der Waals surface area contributed by atoms with E-state index in [4.69, 9.17) is 9.05 Å². The summed E-state index contributed by atoms with van der Waals surface area (Å²) in [6.45, 7) is 0. The molecule has 0 N–H and O–H groups in total. The molecule has 6 heteroatoms. The first-order valence-electron chi connectivity index (χ1n) is 6.26. The topological polar surface area (TPSA) is 52.6 Å². The van der Waals surface area contributed by atoms with Crippen LogP contribution in [0.4, 0.5) is 0 Å². The summed E-state index contributed by atoms with van der Waals surface area (Å²) >= 11 is 1.68. The van der Waals surface area contributed by atoms with Crippen LogP contribution in [-0.2, 0) is 24.8 Å². The van der Waals surface area contributed by atoms with E-state index in [-0.39, 0.29) is 11.9 Å². The van der Waals surface area contributed by atoms with E-state index in [1.165, 1.54) is 24.3 Å². The molecule has 1 aromatic heterocycles. The Morgan fingerprint density at radius 3 is 2.60 bits per heavy atom. The Hall–Kier alpha value is -1.00. The fourth-order valence-corrected chi connectivity index (χ4v) is 3.98. The Balaban J connectivity index is 1.95. The lowest BCUT2D eigenvalue weighted by Gasteiger charge is -2.12. The molecular formula is C14H17O4PS. The fraction of sp³-hybridized carbons (Fsp3) is 0.357. The van der Waals surface area contributed by atoms with E-state index in [1.54, 1.807) is 11.3 Å². The Morgan fingerprint density at radius 1 is 1.25 bits per heavy atom. The molecule has 0 unspecified atom stereocenters. The van der Waals surface area contributed by atoms with Gasteiger partial charge in [-0.25, -0.2) is 0 Å². The summed E-state index contributed by atoms with van der Waals surface area (Å²) in [7, 11) is -0.643. The third kappa shape index (κ3) is 3.76. The lowest BCUT2D eigenvalue weighted by atomic mass is 10.2. The second kappa shape index (κ2) is 6.64. The zero-order chi connectivity index (χ0) is 14.6. The number of benzene rings is 1. The molecule has 1 aromatic carbocycles. The molecule has 2 rings (SSSR count). The normalized spacial score (nSPS) is 11.9. The van der Waals surface area contributed by atoms with Crippen molar-refractivity contribution >= 4 is 34.8 Å². The van der Waals surface area contributed by atoms with Gasteiger partial charge in [-0.3, -0.25) is 9.36 Å². The van der Waals surface area contributed by atoms with Crippen molar-refractivity contribution in [3.8, 4) is 0 Å². The van der Waals surface area contributed by atoms with E-state index in [9.17, 15) is 9.36 Å². The first-order chi connectivity index (χ1) is 9.56. The first-order valence-corrected chi connectivity index (χ1v) is 8.80. The van der Waals surface area contributed by atoms with Crippen LogP contribution in [0.25, 0.3) is 10.1 Å². The van der Waals surface area contributed by atoms with Crippen molar-refractivity contribution in [2.45, 2.75) is 12.8 Å². The van der Waals surface area contributed by atoms with Crippen LogP contribution in [0.2, 0.25) is 0 Å². The molecule has 108 valence electrons. The first kappa shape index (κ1) is 15.4. The molecule has 0 atom stereocenters. The highest BCUT2D eigenvalue weighted by Gasteiger charge is 2.25. The monoisotopic (exact) mass is 312 g/mol. The number of hydrogen-bond acceptors (Lipinski definition) is 5. The third-order valence-corrected chi connectivity index (χ3v) is 6.08. The Labute approximate surface area is 122 Å². The standard InChI is InChI=1S/C14H17O4PS/c1-17-19(16,18-2)10-12(15)7-8-13-9-11-5-3-4-6-14(11)20-13/h3-6,9H,7-8,10H2,1-2H3. The summed E-state index contributed by atoms with van der Waals surface area (Å²) in [5.74, 6) is -0.102. The lowest BCUT2D eigenvalue weighted by molar-refractivity contribution is -0.116. The molecule has 4 nitrogen and oxygen atoms in total. The van der Waals surface area contributed by atoms with Gasteiger partial charge in [-0.2, -0.15) is 0 Å². The van der Waals surface area contributed by atoms with Gasteiger partial charge in [0.25, 0.3) is 0 Å². The van der Waals surface area contributed by atoms with Gasteiger partial charge in [-0.05, 0) is 23.9 Å². The van der Waals surface area contributed by atoms with Gasteiger partial charge in [0.2, 0.25) is 0 Å². The van der Waals surface area contributed by atoms with Crippen LogP contribution in [0.15, 0.2) is 30.3 Å². The summed E-state index contributed by atoms with van der Waals surface area (Å²) in [6.07, 6.45) is 0.847. The molecule has 0 bridgehead atoms. The summed E-state index contributed by atoms with van der Waals surface area (Å²) in [5.41, 5.74) is 0. The third-order valence-electron chi connectivity index (χ3n) is 3.05. The Morgan fingerprint density at radius 2 is 1.95 bits per heavy atom. The summed E-state index contributed by atoms with van der Waals surface area (Å²) in [5, 5.41) is 1.19. The quantitative estimate of drug-likeness (QED) is 0.728. The van der Waals surface area contributed by atoms with Crippen molar-refractivity contribution in [2.24, 2.45) is 0 Å². The molecule has 1 heterocycles. The molecule has 0 saturated carbocycles. The van der Waals surface area contributed by atoms with Gasteiger partial charge >= 0.3 is 7.60 Å². The highest BCUT2D eigenvalue weighted by Crippen LogP contribution is 2.46. The Bertz CT molecular complexity index is 608. The maximum atomic E-state index is 11.9. The maximum absolute atomic E-state index is 11.9. The second-order valence-corrected chi connectivity index (χ2v) is 7.86. The fourth-order valence-electron chi connectivity index (χ4n) is 1.92. The van der Waals surface area contributed by atoms with Gasteiger partial charge in [-0.15, -0.1) is 11.3 Å². The van der Waals surface area contributed by atoms with Gasteiger partial charge < -0.3 is 9.05 Å². The molecule has 0 radical (unpaired) electrons. The molecule has 0 spiro atoms. The van der Waals surface area contributed by atoms with Crippen LogP contribution in [-0.4, -0.2) is 26.2 Å². The molecule has 0 aliphatic carbocycles. The molecular weight excluding hydrogens is 295 g/mol. The van der Waals surface area contributed by atoms with Crippen molar-refractivity contribution in [1.82, 2.24) is 0 Å². The van der Waals surface area contributed by atoms with Crippen molar-refractivity contribution in [3.63, 3.8) is 0 Å². The van der Waals surface area contributed by atoms with Crippen LogP contribution < -0.4 is 0 Å². The summed E-state index contributed by atoms with van der Waals surface area (Å²) in [4.78, 5) is 13.0. The van der Waals surface area contributed by atoms with Crippen LogP contribution in [0, 0.1) is 0 Å². The number of carbonyl (C=O) groups is 1. The number of aryl methyl sites for hydroxylation is 1. The zero-order valence-electron chi connectivity index (χ0n) is 11.5. The lowest BCUT2D eigenvalue weighted by Crippen LogP contribution is -2.08. The van der Waals surface area contributed by atoms with Crippen LogP contribution in [0.1, 0.15) is 11.3 Å². The minimum Gasteiger partial charge on any atom is -0.312 e. The van der Waals surface area contributed by atoms with E-state index >= 15 is 0 Å². The molecule has 0 aliphatic rings. The minimum absolute atomic E-state index is 0.102. The van der Waals surface area contributed by atoms with E-state index < -0.39 is 7.60 Å². The largest absolute Gasteiger partial charge is 0.337 e. The summed E-state index contributed by atoms with van der Waals surface area (Å²) < 4.78 is 22.6. The number of fused-ring (bicyclic) bond motifs is 1. The molecule has 0 fully saturated rings. The second-order valence-electron chi connectivity index (χ2n) is 4.42. The molecule has 0 saturated heterocycles. The smallest absolute Gasteiger partial charge is 0.312 e. The number of Topliss-reactive ketones (excluding diaryl/α,β-unsaturated/α-hetero) is 1. The van der Waals surface area contributed by atoms with Gasteiger partial charge in [0.15, 0.2) is 0 Å². The SMILES string of the molecule is COP(=O)(CC(=O)CCc1cc2ccccc2s1)OC. The molecule has 0 aliphatic heterocycles. The number of carbonyl (C=O) groups excluding carboxylic acids is 1. The number of hydrogen-bond donors (Lipinski definition) is 0. The number of rotatable bonds is 7. The maximum Gasteiger partial charge on any atom is 0.337 e. The minimum atomic E-state index is -3.23. The molecule has 20 heavy (non-hydrogen) atoms. The number of ketones is 1. The van der Waals surface area contributed by atoms with Crippen LogP contribution in [0.5, 0.6) is 0 Å². The van der Waals surface area contributed by atoms with Gasteiger partial charge in [-0.1, -0.05) is 18.2 Å².